The van der Waals surface area contributed by atoms with E-state index in [0.717, 1.165) is 0 Å². The molecule has 13 heavy (non-hydrogen) atoms. The van der Waals surface area contributed by atoms with Crippen molar-refractivity contribution in [3.05, 3.63) is 0 Å². The largest absolute Gasteiger partial charge is 0.481 e. The maximum Gasteiger partial charge on any atom is 0.310 e. The van der Waals surface area contributed by atoms with E-state index in [0.29, 0.717) is 0 Å². The zero-order valence-corrected chi connectivity index (χ0v) is 8.01. The van der Waals surface area contributed by atoms with Gasteiger partial charge in [0, 0.05) is 6.54 Å². The Morgan fingerprint density at radius 1 is 1.38 bits per heavy atom. The molecular weight excluding hydrogens is 194 g/mol. The summed E-state index contributed by atoms with van der Waals surface area (Å²) in [6.07, 6.45) is 0.280. The zero-order chi connectivity index (χ0) is 10.1. The summed E-state index contributed by atoms with van der Waals surface area (Å²) in [4.78, 5) is 10.8. The van der Waals surface area contributed by atoms with Crippen LogP contribution < -0.4 is 5.73 Å². The summed E-state index contributed by atoms with van der Waals surface area (Å²) in [5, 5.41) is 8.88. The van der Waals surface area contributed by atoms with Gasteiger partial charge in [0.05, 0.1) is 16.9 Å². The molecule has 0 saturated carbocycles. The molecule has 76 valence electrons. The summed E-state index contributed by atoms with van der Waals surface area (Å²) in [6, 6.07) is 0. The fourth-order valence-corrected chi connectivity index (χ4v) is 3.04. The predicted octanol–water partition coefficient (Wildman–Crippen LogP) is -0.775. The minimum atomic E-state index is -3.02. The van der Waals surface area contributed by atoms with Crippen molar-refractivity contribution in [1.29, 1.82) is 0 Å². The van der Waals surface area contributed by atoms with Gasteiger partial charge in [-0.3, -0.25) is 4.79 Å². The first-order chi connectivity index (χ1) is 5.92. The summed E-state index contributed by atoms with van der Waals surface area (Å²) in [6.45, 7) is 0.0118. The van der Waals surface area contributed by atoms with E-state index in [9.17, 15) is 13.2 Å². The van der Waals surface area contributed by atoms with Crippen LogP contribution in [0.5, 0.6) is 0 Å². The van der Waals surface area contributed by atoms with Crippen LogP contribution in [-0.4, -0.2) is 37.5 Å². The van der Waals surface area contributed by atoms with E-state index in [4.69, 9.17) is 10.8 Å². The zero-order valence-electron chi connectivity index (χ0n) is 7.19. The molecular formula is C7H13NO4S. The van der Waals surface area contributed by atoms with Crippen molar-refractivity contribution < 1.29 is 18.3 Å². The Hall–Kier alpha value is -0.620. The van der Waals surface area contributed by atoms with Gasteiger partial charge in [0.25, 0.3) is 0 Å². The fraction of sp³-hybridized carbons (Fsp3) is 0.857. The lowest BCUT2D eigenvalue weighted by atomic mass is 9.82. The highest BCUT2D eigenvalue weighted by atomic mass is 32.2. The maximum absolute atomic E-state index is 11.0. The standard InChI is InChI=1S/C7H13NO4S/c8-5-7(6(9)10)1-3-13(11,12)4-2-7/h1-5,8H2,(H,9,10). The van der Waals surface area contributed by atoms with E-state index in [2.05, 4.69) is 0 Å². The molecule has 0 spiro atoms. The van der Waals surface area contributed by atoms with Crippen molar-refractivity contribution in [3.8, 4) is 0 Å². The van der Waals surface area contributed by atoms with Crippen LogP contribution in [0.3, 0.4) is 0 Å². The summed E-state index contributed by atoms with van der Waals surface area (Å²) >= 11 is 0. The van der Waals surface area contributed by atoms with Crippen molar-refractivity contribution >= 4 is 15.8 Å². The van der Waals surface area contributed by atoms with E-state index in [1.807, 2.05) is 0 Å². The van der Waals surface area contributed by atoms with Gasteiger partial charge in [-0.15, -0.1) is 0 Å². The highest BCUT2D eigenvalue weighted by Gasteiger charge is 2.42. The molecule has 0 aromatic heterocycles. The molecule has 0 radical (unpaired) electrons. The Bertz CT molecular complexity index is 294. The molecule has 0 unspecified atom stereocenters. The molecule has 1 fully saturated rings. The Morgan fingerprint density at radius 3 is 2.15 bits per heavy atom. The summed E-state index contributed by atoms with van der Waals surface area (Å²) in [5.74, 6) is -1.10. The van der Waals surface area contributed by atoms with Crippen LogP contribution in [0.2, 0.25) is 0 Å². The molecule has 0 aromatic carbocycles. The van der Waals surface area contributed by atoms with Crippen LogP contribution in [0, 0.1) is 5.41 Å². The van der Waals surface area contributed by atoms with E-state index in [1.165, 1.54) is 0 Å². The smallest absolute Gasteiger partial charge is 0.310 e. The second-order valence-corrected chi connectivity index (χ2v) is 5.75. The topological polar surface area (TPSA) is 97.5 Å². The Balaban J connectivity index is 2.81. The summed E-state index contributed by atoms with van der Waals surface area (Å²) < 4.78 is 22.1. The van der Waals surface area contributed by atoms with Crippen LogP contribution >= 0.6 is 0 Å². The molecule has 0 aliphatic carbocycles. The van der Waals surface area contributed by atoms with Crippen molar-refractivity contribution in [2.75, 3.05) is 18.1 Å². The minimum Gasteiger partial charge on any atom is -0.481 e. The third kappa shape index (κ3) is 2.00. The molecule has 6 heteroatoms. The molecule has 0 bridgehead atoms. The number of carboxylic acids is 1. The van der Waals surface area contributed by atoms with Crippen molar-refractivity contribution in [1.82, 2.24) is 0 Å². The van der Waals surface area contributed by atoms with E-state index in [-0.39, 0.29) is 30.9 Å². The average Bonchev–Trinajstić information content (AvgIpc) is 2.05. The minimum absolute atomic E-state index is 0.0118. The Kier molecular flexibility index (Phi) is 2.63. The summed E-state index contributed by atoms with van der Waals surface area (Å²) in [5.41, 5.74) is 4.34. The number of nitrogens with two attached hydrogens (primary N) is 1. The molecule has 0 aromatic rings. The van der Waals surface area contributed by atoms with Crippen molar-refractivity contribution in [2.24, 2.45) is 11.1 Å². The van der Waals surface area contributed by atoms with Crippen LogP contribution in [-0.2, 0) is 14.6 Å². The van der Waals surface area contributed by atoms with Crippen molar-refractivity contribution in [3.63, 3.8) is 0 Å². The Labute approximate surface area is 76.8 Å². The molecule has 0 amide bonds. The molecule has 1 aliphatic heterocycles. The molecule has 0 atom stereocenters. The van der Waals surface area contributed by atoms with Crippen LogP contribution in [0.15, 0.2) is 0 Å². The lowest BCUT2D eigenvalue weighted by Crippen LogP contribution is -2.45. The molecule has 1 saturated heterocycles. The van der Waals surface area contributed by atoms with Gasteiger partial charge in [-0.25, -0.2) is 8.42 Å². The highest BCUT2D eigenvalue weighted by Crippen LogP contribution is 2.31. The van der Waals surface area contributed by atoms with Gasteiger partial charge in [0.15, 0.2) is 0 Å². The third-order valence-corrected chi connectivity index (χ3v) is 4.28. The lowest BCUT2D eigenvalue weighted by Gasteiger charge is -2.31. The van der Waals surface area contributed by atoms with Gasteiger partial charge in [0.2, 0.25) is 0 Å². The van der Waals surface area contributed by atoms with Crippen LogP contribution in [0.1, 0.15) is 12.8 Å². The number of sulfone groups is 1. The molecule has 3 N–H and O–H groups in total. The number of hydrogen-bond acceptors (Lipinski definition) is 4. The number of carbonyl (C=O) groups is 1. The van der Waals surface area contributed by atoms with Gasteiger partial charge in [-0.2, -0.15) is 0 Å². The first-order valence-corrected chi connectivity index (χ1v) is 5.88. The van der Waals surface area contributed by atoms with E-state index in [1.54, 1.807) is 0 Å². The molecule has 1 heterocycles. The Morgan fingerprint density at radius 2 is 1.85 bits per heavy atom. The van der Waals surface area contributed by atoms with Gasteiger partial charge in [-0.1, -0.05) is 0 Å². The lowest BCUT2D eigenvalue weighted by molar-refractivity contribution is -0.148. The van der Waals surface area contributed by atoms with Crippen molar-refractivity contribution in [2.45, 2.75) is 12.8 Å². The first-order valence-electron chi connectivity index (χ1n) is 4.06. The molecule has 5 nitrogen and oxygen atoms in total. The number of rotatable bonds is 2. The third-order valence-electron chi connectivity index (χ3n) is 2.63. The van der Waals surface area contributed by atoms with Crippen LogP contribution in [0.25, 0.3) is 0 Å². The molecule has 1 aliphatic rings. The second-order valence-electron chi connectivity index (χ2n) is 3.44. The van der Waals surface area contributed by atoms with Gasteiger partial charge >= 0.3 is 5.97 Å². The quantitative estimate of drug-likeness (QED) is 0.619. The molecule has 1 rings (SSSR count). The number of aliphatic carboxylic acids is 1. The summed E-state index contributed by atoms with van der Waals surface area (Å²) in [7, 11) is -3.02. The number of carboxylic acid groups (broad SMARTS) is 1. The van der Waals surface area contributed by atoms with E-state index < -0.39 is 21.2 Å². The van der Waals surface area contributed by atoms with Gasteiger partial charge in [0.1, 0.15) is 9.84 Å². The fourth-order valence-electron chi connectivity index (χ4n) is 1.43. The normalized spacial score (nSPS) is 25.3. The maximum atomic E-state index is 11.0. The SMILES string of the molecule is NCC1(C(=O)O)CCS(=O)(=O)CC1. The monoisotopic (exact) mass is 207 g/mol. The first kappa shape index (κ1) is 10.5. The highest BCUT2D eigenvalue weighted by molar-refractivity contribution is 7.91. The van der Waals surface area contributed by atoms with E-state index >= 15 is 0 Å². The number of hydrogen-bond donors (Lipinski definition) is 2. The van der Waals surface area contributed by atoms with Gasteiger partial charge in [-0.05, 0) is 12.8 Å². The average molecular weight is 207 g/mol. The van der Waals surface area contributed by atoms with Crippen LogP contribution in [0.4, 0.5) is 0 Å². The van der Waals surface area contributed by atoms with Gasteiger partial charge < -0.3 is 10.8 Å². The predicted molar refractivity (Wildman–Crippen MR) is 47.0 cm³/mol. The second kappa shape index (κ2) is 3.26.